The van der Waals surface area contributed by atoms with Crippen LogP contribution in [0.25, 0.3) is 11.4 Å². The normalized spacial score (nSPS) is 10.8. The van der Waals surface area contributed by atoms with Crippen LogP contribution < -0.4 is 5.32 Å². The Kier molecular flexibility index (Phi) is 4.38. The van der Waals surface area contributed by atoms with E-state index in [1.54, 1.807) is 4.68 Å². The fourth-order valence-corrected chi connectivity index (χ4v) is 2.78. The zero-order valence-corrected chi connectivity index (χ0v) is 13.8. The number of aromatic nitrogens is 4. The Morgan fingerprint density at radius 2 is 2.11 bits per heavy atom. The van der Waals surface area contributed by atoms with Crippen molar-refractivity contribution in [2.45, 2.75) is 26.7 Å². The maximum Gasteiger partial charge on any atom is 0.165 e. The van der Waals surface area contributed by atoms with Crippen molar-refractivity contribution in [1.29, 1.82) is 0 Å². The molecule has 1 N–H and O–H groups in total. The Labute approximate surface area is 127 Å². The Balaban J connectivity index is 2.57. The van der Waals surface area contributed by atoms with Crippen LogP contribution in [0.5, 0.6) is 0 Å². The second-order valence-electron chi connectivity index (χ2n) is 4.46. The minimum absolute atomic E-state index is 0.749. The maximum atomic E-state index is 4.70. The van der Waals surface area contributed by atoms with Crippen molar-refractivity contribution in [1.82, 2.24) is 19.7 Å². The summed E-state index contributed by atoms with van der Waals surface area (Å²) < 4.78 is 2.90. The summed E-state index contributed by atoms with van der Waals surface area (Å²) in [5.74, 6) is 1.64. The number of anilines is 1. The number of hydrogen-bond donors (Lipinski definition) is 1. The summed E-state index contributed by atoms with van der Waals surface area (Å²) in [7, 11) is 3.80. The largest absolute Gasteiger partial charge is 0.372 e. The molecule has 0 atom stereocenters. The Morgan fingerprint density at radius 1 is 1.37 bits per heavy atom. The molecule has 0 fully saturated rings. The van der Waals surface area contributed by atoms with Crippen LogP contribution in [0, 0.1) is 10.5 Å². The number of hydrogen-bond acceptors (Lipinski definition) is 4. The first-order chi connectivity index (χ1) is 9.06. The van der Waals surface area contributed by atoms with E-state index in [4.69, 9.17) is 4.98 Å². The molecular formula is C13H18IN5. The molecule has 0 saturated carbocycles. The zero-order valence-electron chi connectivity index (χ0n) is 11.7. The highest BCUT2D eigenvalue weighted by Crippen LogP contribution is 2.25. The fraction of sp³-hybridized carbons (Fsp3) is 0.462. The second kappa shape index (κ2) is 5.85. The number of nitrogens with zero attached hydrogens (tertiary/aromatic N) is 4. The number of rotatable bonds is 4. The molecule has 5 nitrogen and oxygen atoms in total. The van der Waals surface area contributed by atoms with Gasteiger partial charge < -0.3 is 5.32 Å². The minimum atomic E-state index is 0.749. The minimum Gasteiger partial charge on any atom is -0.372 e. The van der Waals surface area contributed by atoms with Gasteiger partial charge in [-0.05, 0) is 35.9 Å². The van der Waals surface area contributed by atoms with E-state index in [0.29, 0.717) is 0 Å². The smallest absolute Gasteiger partial charge is 0.165 e. The fourth-order valence-electron chi connectivity index (χ4n) is 2.00. The van der Waals surface area contributed by atoms with Gasteiger partial charge in [0.15, 0.2) is 5.82 Å². The summed E-state index contributed by atoms with van der Waals surface area (Å²) in [6, 6.07) is 0. The molecule has 2 aromatic rings. The number of nitrogens with one attached hydrogen (secondary N) is 1. The van der Waals surface area contributed by atoms with Gasteiger partial charge in [-0.3, -0.25) is 4.68 Å². The molecule has 6 heteroatoms. The summed E-state index contributed by atoms with van der Waals surface area (Å²) in [4.78, 5) is 9.30. The van der Waals surface area contributed by atoms with Gasteiger partial charge in [-0.25, -0.2) is 9.97 Å². The van der Waals surface area contributed by atoms with Crippen LogP contribution in [0.4, 0.5) is 5.82 Å². The standard InChI is InChI=1S/C13H18IN5/c1-5-6-10-11(14)13(15-3)17-12(16-10)9-7-19(4)18-8(9)2/h7H,5-6H2,1-4H3,(H,15,16,17). The van der Waals surface area contributed by atoms with Crippen LogP contribution in [0.15, 0.2) is 6.20 Å². The lowest BCUT2D eigenvalue weighted by Gasteiger charge is -2.10. The predicted molar refractivity (Wildman–Crippen MR) is 85.2 cm³/mol. The zero-order chi connectivity index (χ0) is 14.0. The van der Waals surface area contributed by atoms with Crippen molar-refractivity contribution in [3.05, 3.63) is 21.2 Å². The maximum absolute atomic E-state index is 4.70. The number of aryl methyl sites for hydroxylation is 3. The molecule has 0 aliphatic carbocycles. The summed E-state index contributed by atoms with van der Waals surface area (Å²) in [6.45, 7) is 4.14. The average Bonchev–Trinajstić information content (AvgIpc) is 2.71. The molecule has 2 aromatic heterocycles. The Hall–Kier alpha value is -1.18. The van der Waals surface area contributed by atoms with E-state index in [0.717, 1.165) is 45.0 Å². The van der Waals surface area contributed by atoms with Crippen LogP contribution in [-0.2, 0) is 13.5 Å². The van der Waals surface area contributed by atoms with Crippen molar-refractivity contribution < 1.29 is 0 Å². The van der Waals surface area contributed by atoms with Gasteiger partial charge in [0, 0.05) is 20.3 Å². The highest BCUT2D eigenvalue weighted by molar-refractivity contribution is 14.1. The Bertz CT molecular complexity index is 591. The molecular weight excluding hydrogens is 353 g/mol. The lowest BCUT2D eigenvalue weighted by Crippen LogP contribution is -2.05. The highest BCUT2D eigenvalue weighted by atomic mass is 127. The lowest BCUT2D eigenvalue weighted by atomic mass is 10.2. The molecule has 0 spiro atoms. The van der Waals surface area contributed by atoms with Crippen LogP contribution in [0.3, 0.4) is 0 Å². The van der Waals surface area contributed by atoms with Gasteiger partial charge in [-0.1, -0.05) is 13.3 Å². The molecule has 0 amide bonds. The molecule has 19 heavy (non-hydrogen) atoms. The summed E-state index contributed by atoms with van der Waals surface area (Å²) in [6.07, 6.45) is 4.00. The SMILES string of the molecule is CCCc1nc(-c2cn(C)nc2C)nc(NC)c1I. The van der Waals surface area contributed by atoms with Crippen molar-refractivity contribution in [3.63, 3.8) is 0 Å². The third-order valence-electron chi connectivity index (χ3n) is 2.90. The number of halogens is 1. The van der Waals surface area contributed by atoms with Crippen molar-refractivity contribution in [2.75, 3.05) is 12.4 Å². The van der Waals surface area contributed by atoms with E-state index < -0.39 is 0 Å². The van der Waals surface area contributed by atoms with Gasteiger partial charge >= 0.3 is 0 Å². The molecule has 0 unspecified atom stereocenters. The van der Waals surface area contributed by atoms with E-state index in [9.17, 15) is 0 Å². The summed E-state index contributed by atoms with van der Waals surface area (Å²) >= 11 is 2.31. The first kappa shape index (κ1) is 14.2. The molecule has 102 valence electrons. The molecule has 2 heterocycles. The molecule has 0 radical (unpaired) electrons. The third-order valence-corrected chi connectivity index (χ3v) is 4.03. The van der Waals surface area contributed by atoms with E-state index in [1.165, 1.54) is 0 Å². The van der Waals surface area contributed by atoms with Gasteiger partial charge in [-0.2, -0.15) is 5.10 Å². The average molecular weight is 371 g/mol. The first-order valence-corrected chi connectivity index (χ1v) is 7.39. The molecule has 0 aliphatic heterocycles. The second-order valence-corrected chi connectivity index (χ2v) is 5.54. The van der Waals surface area contributed by atoms with E-state index in [-0.39, 0.29) is 0 Å². The van der Waals surface area contributed by atoms with Gasteiger partial charge in [0.2, 0.25) is 0 Å². The van der Waals surface area contributed by atoms with Crippen LogP contribution in [-0.4, -0.2) is 26.8 Å². The van der Waals surface area contributed by atoms with E-state index >= 15 is 0 Å². The van der Waals surface area contributed by atoms with Crippen LogP contribution >= 0.6 is 22.6 Å². The van der Waals surface area contributed by atoms with Gasteiger partial charge in [-0.15, -0.1) is 0 Å². The lowest BCUT2D eigenvalue weighted by molar-refractivity contribution is 0.756. The molecule has 0 bridgehead atoms. The molecule has 0 saturated heterocycles. The molecule has 2 rings (SSSR count). The van der Waals surface area contributed by atoms with Gasteiger partial charge in [0.25, 0.3) is 0 Å². The monoisotopic (exact) mass is 371 g/mol. The van der Waals surface area contributed by atoms with Crippen molar-refractivity contribution in [2.24, 2.45) is 7.05 Å². The quantitative estimate of drug-likeness (QED) is 0.840. The molecule has 0 aromatic carbocycles. The van der Waals surface area contributed by atoms with Crippen LogP contribution in [0.1, 0.15) is 24.7 Å². The highest BCUT2D eigenvalue weighted by Gasteiger charge is 2.15. The van der Waals surface area contributed by atoms with E-state index in [1.807, 2.05) is 27.2 Å². The van der Waals surface area contributed by atoms with E-state index in [2.05, 4.69) is 44.9 Å². The third kappa shape index (κ3) is 2.88. The molecule has 0 aliphatic rings. The van der Waals surface area contributed by atoms with Gasteiger partial charge in [0.05, 0.1) is 20.5 Å². The van der Waals surface area contributed by atoms with Crippen molar-refractivity contribution in [3.8, 4) is 11.4 Å². The summed E-state index contributed by atoms with van der Waals surface area (Å²) in [5.41, 5.74) is 3.04. The predicted octanol–water partition coefficient (Wildman–Crippen LogP) is 2.78. The van der Waals surface area contributed by atoms with Crippen LogP contribution in [0.2, 0.25) is 0 Å². The van der Waals surface area contributed by atoms with Gasteiger partial charge in [0.1, 0.15) is 5.82 Å². The van der Waals surface area contributed by atoms with Crippen molar-refractivity contribution >= 4 is 28.4 Å². The summed E-state index contributed by atoms with van der Waals surface area (Å²) in [5, 5.41) is 7.50. The first-order valence-electron chi connectivity index (χ1n) is 6.31. The topological polar surface area (TPSA) is 55.6 Å². The Morgan fingerprint density at radius 3 is 2.63 bits per heavy atom.